The van der Waals surface area contributed by atoms with Gasteiger partial charge in [0.1, 0.15) is 0 Å². The van der Waals surface area contributed by atoms with E-state index >= 15 is 0 Å². The van der Waals surface area contributed by atoms with E-state index in [9.17, 15) is 0 Å². The Hall–Kier alpha value is -7.20. The predicted octanol–water partition coefficient (Wildman–Crippen LogP) is 16.1. The van der Waals surface area contributed by atoms with Crippen LogP contribution in [0.5, 0.6) is 0 Å². The van der Waals surface area contributed by atoms with Gasteiger partial charge in [-0.3, -0.25) is 0 Å². The number of rotatable bonds is 7. The molecule has 3 heteroatoms. The highest BCUT2D eigenvalue weighted by Gasteiger charge is 2.21. The third-order valence-electron chi connectivity index (χ3n) is 10.9. The summed E-state index contributed by atoms with van der Waals surface area (Å²) in [5.41, 5.74) is 6.87. The van der Waals surface area contributed by atoms with E-state index in [0.29, 0.717) is 5.69 Å². The van der Waals surface area contributed by atoms with E-state index in [1.54, 1.807) is 11.3 Å². The summed E-state index contributed by atoms with van der Waals surface area (Å²) in [6.45, 7) is 0. The predicted molar refractivity (Wildman–Crippen MR) is 247 cm³/mol. The summed E-state index contributed by atoms with van der Waals surface area (Å²) >= 11 is 1.68. The lowest BCUT2D eigenvalue weighted by Gasteiger charge is -2.27. The third-order valence-corrected chi connectivity index (χ3v) is 12.0. The van der Waals surface area contributed by atoms with E-state index in [2.05, 4.69) is 144 Å². The van der Waals surface area contributed by atoms with Gasteiger partial charge in [-0.25, -0.2) is 0 Å². The largest absolute Gasteiger partial charge is 0.310 e. The maximum absolute atomic E-state index is 9.02. The molecular weight excluding hydrogens is 709 g/mol. The van der Waals surface area contributed by atoms with Crippen LogP contribution in [0.2, 0.25) is 0 Å². The van der Waals surface area contributed by atoms with Crippen molar-refractivity contribution in [1.82, 2.24) is 0 Å². The average molecular weight is 750 g/mol. The van der Waals surface area contributed by atoms with Crippen molar-refractivity contribution >= 4 is 98.0 Å². The molecule has 11 rings (SSSR count). The fraction of sp³-hybridized carbons (Fsp3) is 0. The van der Waals surface area contributed by atoms with Crippen LogP contribution in [0.1, 0.15) is 6.85 Å². The monoisotopic (exact) mass is 749 g/mol. The van der Waals surface area contributed by atoms with Crippen molar-refractivity contribution < 1.29 is 6.85 Å². The Morgan fingerprint density at radius 1 is 0.333 bits per heavy atom. The van der Waals surface area contributed by atoms with Crippen molar-refractivity contribution in [3.63, 3.8) is 0 Å². The zero-order valence-electron chi connectivity index (χ0n) is 35.7. The van der Waals surface area contributed by atoms with Gasteiger partial charge in [-0.2, -0.15) is 0 Å². The maximum atomic E-state index is 9.02. The zero-order chi connectivity index (χ0) is 42.1. The molecule has 2 nitrogen and oxygen atoms in total. The SMILES string of the molecule is [2H]c1c([2H])c([2H])c(N(c2ccccc2)c2cccc3sc4cc(N(c5ccc(-c6ccccc6)cc5)c5ccc6c7ccccc7c7ccccc7c6c5)ccc4c23)c([2H])c1[2H]. The Labute approximate surface area is 342 Å². The van der Waals surface area contributed by atoms with Crippen LogP contribution >= 0.6 is 11.3 Å². The van der Waals surface area contributed by atoms with Crippen LogP contribution in [0, 0.1) is 0 Å². The summed E-state index contributed by atoms with van der Waals surface area (Å²) in [5.74, 6) is 0. The van der Waals surface area contributed by atoms with Crippen LogP contribution < -0.4 is 9.80 Å². The van der Waals surface area contributed by atoms with Crippen molar-refractivity contribution in [2.45, 2.75) is 0 Å². The first-order valence-corrected chi connectivity index (χ1v) is 19.8. The molecule has 0 fully saturated rings. The minimum Gasteiger partial charge on any atom is -0.310 e. The molecule has 11 aromatic rings. The van der Waals surface area contributed by atoms with Gasteiger partial charge >= 0.3 is 0 Å². The minimum absolute atomic E-state index is 0.104. The van der Waals surface area contributed by atoms with E-state index in [-0.39, 0.29) is 29.9 Å². The zero-order valence-corrected chi connectivity index (χ0v) is 31.5. The molecule has 0 amide bonds. The molecule has 0 spiro atoms. The highest BCUT2D eigenvalue weighted by atomic mass is 32.1. The minimum atomic E-state index is -0.421. The van der Waals surface area contributed by atoms with Crippen LogP contribution in [0.15, 0.2) is 218 Å². The lowest BCUT2D eigenvalue weighted by atomic mass is 9.94. The second-order valence-electron chi connectivity index (χ2n) is 14.1. The Balaban J connectivity index is 1.12. The number of benzene rings is 10. The Kier molecular flexibility index (Phi) is 6.85. The van der Waals surface area contributed by atoms with Crippen molar-refractivity contribution in [3.05, 3.63) is 218 Å². The number of fused-ring (bicyclic) bond motifs is 9. The van der Waals surface area contributed by atoms with Crippen molar-refractivity contribution in [2.75, 3.05) is 9.80 Å². The lowest BCUT2D eigenvalue weighted by Crippen LogP contribution is -2.10. The normalized spacial score (nSPS) is 12.7. The molecule has 0 N–H and O–H groups in total. The molecule has 0 saturated carbocycles. The summed E-state index contributed by atoms with van der Waals surface area (Å²) in [6, 6.07) is 63.7. The van der Waals surface area contributed by atoms with E-state index < -0.39 is 6.04 Å². The molecule has 0 bridgehead atoms. The van der Waals surface area contributed by atoms with Crippen LogP contribution in [0.3, 0.4) is 0 Å². The molecule has 0 saturated heterocycles. The number of para-hydroxylation sites is 2. The third kappa shape index (κ3) is 5.71. The quantitative estimate of drug-likeness (QED) is 0.150. The molecule has 0 radical (unpaired) electrons. The summed E-state index contributed by atoms with van der Waals surface area (Å²) in [6.07, 6.45) is 0. The summed E-state index contributed by atoms with van der Waals surface area (Å²) in [7, 11) is 0. The summed E-state index contributed by atoms with van der Waals surface area (Å²) < 4.78 is 45.6. The lowest BCUT2D eigenvalue weighted by molar-refractivity contribution is 1.29. The van der Waals surface area contributed by atoms with Gasteiger partial charge in [0.25, 0.3) is 0 Å². The van der Waals surface area contributed by atoms with Crippen molar-refractivity contribution in [1.29, 1.82) is 0 Å². The highest BCUT2D eigenvalue weighted by Crippen LogP contribution is 2.47. The number of hydrogen-bond acceptors (Lipinski definition) is 3. The molecule has 268 valence electrons. The first kappa shape index (κ1) is 28.2. The molecule has 0 atom stereocenters. The Morgan fingerprint density at radius 2 is 0.860 bits per heavy atom. The Morgan fingerprint density at radius 3 is 1.54 bits per heavy atom. The van der Waals surface area contributed by atoms with E-state index in [4.69, 9.17) is 6.85 Å². The van der Waals surface area contributed by atoms with Gasteiger partial charge in [-0.1, -0.05) is 146 Å². The van der Waals surface area contributed by atoms with Gasteiger partial charge in [0.2, 0.25) is 0 Å². The Bertz CT molecular complexity index is 3470. The molecule has 57 heavy (non-hydrogen) atoms. The van der Waals surface area contributed by atoms with Crippen molar-refractivity contribution in [3.8, 4) is 11.1 Å². The van der Waals surface area contributed by atoms with Gasteiger partial charge in [0.05, 0.1) is 12.5 Å². The first-order chi connectivity index (χ1) is 30.4. The van der Waals surface area contributed by atoms with Crippen LogP contribution in [0.4, 0.5) is 34.1 Å². The number of nitrogens with zero attached hydrogens (tertiary/aromatic N) is 2. The topological polar surface area (TPSA) is 6.48 Å². The first-order valence-electron chi connectivity index (χ1n) is 21.5. The second kappa shape index (κ2) is 13.8. The number of thiophene rings is 1. The maximum Gasteiger partial charge on any atom is 0.0645 e. The fourth-order valence-corrected chi connectivity index (χ4v) is 9.52. The average Bonchev–Trinajstić information content (AvgIpc) is 3.71. The van der Waals surface area contributed by atoms with Gasteiger partial charge < -0.3 is 9.80 Å². The van der Waals surface area contributed by atoms with Gasteiger partial charge in [-0.05, 0) is 116 Å². The molecule has 0 unspecified atom stereocenters. The molecule has 10 aromatic carbocycles. The van der Waals surface area contributed by atoms with E-state index in [1.165, 1.54) is 32.3 Å². The number of hydrogen-bond donors (Lipinski definition) is 0. The molecular formula is C54H36N2S. The smallest absolute Gasteiger partial charge is 0.0645 e. The van der Waals surface area contributed by atoms with Crippen LogP contribution in [-0.2, 0) is 0 Å². The molecule has 0 aliphatic rings. The molecule has 1 heterocycles. The van der Waals surface area contributed by atoms with E-state index in [1.807, 2.05) is 53.4 Å². The van der Waals surface area contributed by atoms with Gasteiger partial charge in [0.15, 0.2) is 0 Å². The number of anilines is 6. The summed E-state index contributed by atoms with van der Waals surface area (Å²) in [4.78, 5) is 4.14. The standard InChI is InChI=1S/C54H36N2S/c1-4-15-37(16-5-1)38-27-29-41(30-28-38)55(42-31-33-48-46-23-11-10-21-44(46)45-22-12-13-24-47(45)50(48)35-42)43-32-34-49-53(36-43)57-52-26-14-25-51(54(49)52)56(39-17-6-2-7-18-39)40-19-8-3-9-20-40/h1-36H/i2D,6D,7D,17D,18D. The van der Waals surface area contributed by atoms with Crippen LogP contribution in [-0.4, -0.2) is 0 Å². The molecule has 0 aliphatic heterocycles. The molecule has 0 aliphatic carbocycles. The highest BCUT2D eigenvalue weighted by molar-refractivity contribution is 7.26. The summed E-state index contributed by atoms with van der Waals surface area (Å²) in [5, 5.41) is 9.23. The second-order valence-corrected chi connectivity index (χ2v) is 15.2. The van der Waals surface area contributed by atoms with Gasteiger partial charge in [0, 0.05) is 48.6 Å². The van der Waals surface area contributed by atoms with Gasteiger partial charge in [-0.15, -0.1) is 11.3 Å². The van der Waals surface area contributed by atoms with Crippen molar-refractivity contribution in [2.24, 2.45) is 0 Å². The van der Waals surface area contributed by atoms with E-state index in [0.717, 1.165) is 54.0 Å². The van der Waals surface area contributed by atoms with Crippen LogP contribution in [0.25, 0.3) is 63.6 Å². The fourth-order valence-electron chi connectivity index (χ4n) is 8.36. The molecule has 1 aromatic heterocycles.